The van der Waals surface area contributed by atoms with Gasteiger partial charge in [0.1, 0.15) is 6.04 Å². The largest absolute Gasteiger partial charge is 0.465 e. The Hall–Kier alpha value is -2.04. The van der Waals surface area contributed by atoms with E-state index in [2.05, 4.69) is 10.6 Å². The first-order chi connectivity index (χ1) is 7.68. The molecule has 1 atom stereocenters. The summed E-state index contributed by atoms with van der Waals surface area (Å²) in [7, 11) is 0. The Bertz CT molecular complexity index is 431. The maximum atomic E-state index is 11.7. The van der Waals surface area contributed by atoms with Crippen molar-refractivity contribution in [2.75, 3.05) is 6.54 Å². The minimum Gasteiger partial charge on any atom is -0.465 e. The lowest BCUT2D eigenvalue weighted by molar-refractivity contribution is -0.122. The van der Waals surface area contributed by atoms with E-state index in [4.69, 9.17) is 5.11 Å². The Morgan fingerprint density at radius 3 is 2.94 bits per heavy atom. The maximum Gasteiger partial charge on any atom is 0.405 e. The molecule has 2 rings (SSSR count). The van der Waals surface area contributed by atoms with Gasteiger partial charge in [-0.2, -0.15) is 0 Å². The standard InChI is InChI=1S/C11H12N2O3/c14-10-9(13-11(15)16)8-4-2-1-3-7(8)5-6-12-10/h1-4,9,13H,5-6H2,(H,12,14)(H,15,16). The van der Waals surface area contributed by atoms with Crippen LogP contribution >= 0.6 is 0 Å². The topological polar surface area (TPSA) is 78.4 Å². The molecule has 0 saturated heterocycles. The van der Waals surface area contributed by atoms with Gasteiger partial charge in [0.25, 0.3) is 0 Å². The summed E-state index contributed by atoms with van der Waals surface area (Å²) in [4.78, 5) is 22.3. The molecule has 5 heteroatoms. The zero-order valence-corrected chi connectivity index (χ0v) is 8.56. The summed E-state index contributed by atoms with van der Waals surface area (Å²) in [5.74, 6) is -0.299. The number of hydrogen-bond acceptors (Lipinski definition) is 2. The van der Waals surface area contributed by atoms with Gasteiger partial charge in [-0.25, -0.2) is 4.79 Å². The van der Waals surface area contributed by atoms with Crippen LogP contribution < -0.4 is 10.6 Å². The molecule has 3 N–H and O–H groups in total. The van der Waals surface area contributed by atoms with Gasteiger partial charge in [0.15, 0.2) is 0 Å². The third-order valence-electron chi connectivity index (χ3n) is 2.59. The van der Waals surface area contributed by atoms with Gasteiger partial charge in [-0.3, -0.25) is 4.79 Å². The average molecular weight is 220 g/mol. The number of carbonyl (C=O) groups is 2. The zero-order valence-electron chi connectivity index (χ0n) is 8.56. The number of benzene rings is 1. The summed E-state index contributed by atoms with van der Waals surface area (Å²) in [6.07, 6.45) is -0.475. The van der Waals surface area contributed by atoms with Crippen LogP contribution in [0.1, 0.15) is 17.2 Å². The first-order valence-corrected chi connectivity index (χ1v) is 5.03. The van der Waals surface area contributed by atoms with Crippen LogP contribution in [0.4, 0.5) is 4.79 Å². The Morgan fingerprint density at radius 1 is 1.44 bits per heavy atom. The molecular formula is C11H12N2O3. The fraction of sp³-hybridized carbons (Fsp3) is 0.273. The lowest BCUT2D eigenvalue weighted by atomic mass is 9.99. The smallest absolute Gasteiger partial charge is 0.405 e. The normalized spacial score (nSPS) is 19.2. The fourth-order valence-corrected chi connectivity index (χ4v) is 1.87. The van der Waals surface area contributed by atoms with Crippen LogP contribution in [0, 0.1) is 0 Å². The van der Waals surface area contributed by atoms with Crippen LogP contribution in [0.5, 0.6) is 0 Å². The predicted molar refractivity (Wildman–Crippen MR) is 57.1 cm³/mol. The second kappa shape index (κ2) is 4.22. The minimum absolute atomic E-state index is 0.299. The van der Waals surface area contributed by atoms with Gasteiger partial charge in [0, 0.05) is 6.54 Å². The van der Waals surface area contributed by atoms with E-state index in [1.807, 2.05) is 12.1 Å². The molecule has 1 aliphatic heterocycles. The van der Waals surface area contributed by atoms with E-state index in [-0.39, 0.29) is 5.91 Å². The van der Waals surface area contributed by atoms with Gasteiger partial charge in [-0.1, -0.05) is 24.3 Å². The summed E-state index contributed by atoms with van der Waals surface area (Å²) in [6.45, 7) is 0.535. The molecule has 84 valence electrons. The van der Waals surface area contributed by atoms with Crippen LogP contribution in [0.15, 0.2) is 24.3 Å². The predicted octanol–water partition coefficient (Wildman–Crippen LogP) is 0.668. The molecule has 0 saturated carbocycles. The number of carbonyl (C=O) groups excluding carboxylic acids is 1. The highest BCUT2D eigenvalue weighted by Crippen LogP contribution is 2.21. The van der Waals surface area contributed by atoms with Gasteiger partial charge in [0.05, 0.1) is 0 Å². The lowest BCUT2D eigenvalue weighted by Gasteiger charge is -2.15. The molecule has 0 aromatic heterocycles. The molecule has 0 bridgehead atoms. The molecule has 1 aliphatic rings. The molecule has 2 amide bonds. The third-order valence-corrected chi connectivity index (χ3v) is 2.59. The molecule has 1 aromatic rings. The minimum atomic E-state index is -1.20. The average Bonchev–Trinajstić information content (AvgIpc) is 2.40. The summed E-state index contributed by atoms with van der Waals surface area (Å²) >= 11 is 0. The SMILES string of the molecule is O=C(O)NC1C(=O)NCCc2ccccc21. The molecule has 0 spiro atoms. The quantitative estimate of drug-likeness (QED) is 0.650. The first kappa shape index (κ1) is 10.5. The van der Waals surface area contributed by atoms with Crippen molar-refractivity contribution in [1.29, 1.82) is 0 Å². The van der Waals surface area contributed by atoms with Crippen molar-refractivity contribution < 1.29 is 14.7 Å². The monoisotopic (exact) mass is 220 g/mol. The second-order valence-electron chi connectivity index (χ2n) is 3.62. The number of nitrogens with one attached hydrogen (secondary N) is 2. The molecule has 1 heterocycles. The maximum absolute atomic E-state index is 11.7. The fourth-order valence-electron chi connectivity index (χ4n) is 1.87. The van der Waals surface area contributed by atoms with E-state index >= 15 is 0 Å². The van der Waals surface area contributed by atoms with Crippen molar-refractivity contribution in [3.05, 3.63) is 35.4 Å². The van der Waals surface area contributed by atoms with Gasteiger partial charge < -0.3 is 15.7 Å². The van der Waals surface area contributed by atoms with Crippen LogP contribution in [0.3, 0.4) is 0 Å². The molecule has 0 radical (unpaired) electrons. The molecule has 0 fully saturated rings. The van der Waals surface area contributed by atoms with E-state index in [0.29, 0.717) is 6.54 Å². The van der Waals surface area contributed by atoms with Crippen molar-refractivity contribution in [3.63, 3.8) is 0 Å². The van der Waals surface area contributed by atoms with E-state index in [1.54, 1.807) is 12.1 Å². The van der Waals surface area contributed by atoms with Gasteiger partial charge in [-0.15, -0.1) is 0 Å². The summed E-state index contributed by atoms with van der Waals surface area (Å²) < 4.78 is 0. The van der Waals surface area contributed by atoms with Gasteiger partial charge in [0.2, 0.25) is 5.91 Å². The van der Waals surface area contributed by atoms with Crippen LogP contribution in [-0.2, 0) is 11.2 Å². The Morgan fingerprint density at radius 2 is 2.19 bits per heavy atom. The van der Waals surface area contributed by atoms with Crippen molar-refractivity contribution in [1.82, 2.24) is 10.6 Å². The van der Waals surface area contributed by atoms with Crippen molar-refractivity contribution in [3.8, 4) is 0 Å². The highest BCUT2D eigenvalue weighted by Gasteiger charge is 2.26. The van der Waals surface area contributed by atoms with E-state index in [9.17, 15) is 9.59 Å². The Kier molecular flexibility index (Phi) is 2.76. The second-order valence-corrected chi connectivity index (χ2v) is 3.62. The van der Waals surface area contributed by atoms with E-state index in [0.717, 1.165) is 17.5 Å². The lowest BCUT2D eigenvalue weighted by Crippen LogP contribution is -2.38. The highest BCUT2D eigenvalue weighted by atomic mass is 16.4. The Balaban J connectivity index is 2.39. The van der Waals surface area contributed by atoms with Crippen LogP contribution in [-0.4, -0.2) is 23.7 Å². The van der Waals surface area contributed by atoms with E-state index in [1.165, 1.54) is 0 Å². The van der Waals surface area contributed by atoms with E-state index < -0.39 is 12.1 Å². The zero-order chi connectivity index (χ0) is 11.5. The summed E-state index contributed by atoms with van der Waals surface area (Å²) in [6, 6.07) is 6.56. The molecule has 5 nitrogen and oxygen atoms in total. The van der Waals surface area contributed by atoms with Crippen molar-refractivity contribution in [2.24, 2.45) is 0 Å². The van der Waals surface area contributed by atoms with Gasteiger partial charge in [-0.05, 0) is 17.5 Å². The Labute approximate surface area is 92.5 Å². The number of fused-ring (bicyclic) bond motifs is 1. The molecule has 16 heavy (non-hydrogen) atoms. The van der Waals surface area contributed by atoms with Crippen LogP contribution in [0.25, 0.3) is 0 Å². The number of amides is 2. The van der Waals surface area contributed by atoms with Crippen molar-refractivity contribution >= 4 is 12.0 Å². The summed E-state index contributed by atoms with van der Waals surface area (Å²) in [5.41, 5.74) is 1.74. The van der Waals surface area contributed by atoms with Gasteiger partial charge >= 0.3 is 6.09 Å². The molecule has 1 aromatic carbocycles. The molecule has 1 unspecified atom stereocenters. The molecular weight excluding hydrogens is 208 g/mol. The van der Waals surface area contributed by atoms with Crippen LogP contribution in [0.2, 0.25) is 0 Å². The summed E-state index contributed by atoms with van der Waals surface area (Å²) in [5, 5.41) is 13.6. The number of rotatable bonds is 1. The number of hydrogen-bond donors (Lipinski definition) is 3. The third kappa shape index (κ3) is 1.98. The highest BCUT2D eigenvalue weighted by molar-refractivity contribution is 5.87. The van der Waals surface area contributed by atoms with Crippen molar-refractivity contribution in [2.45, 2.75) is 12.5 Å². The number of carboxylic acid groups (broad SMARTS) is 1. The first-order valence-electron chi connectivity index (χ1n) is 5.03. The molecule has 0 aliphatic carbocycles.